The lowest BCUT2D eigenvalue weighted by Gasteiger charge is -2.07. The van der Waals surface area contributed by atoms with E-state index in [1.54, 1.807) is 36.5 Å². The molecule has 5 aromatic rings. The molecule has 29 heavy (non-hydrogen) atoms. The molecule has 5 rings (SSSR count). The van der Waals surface area contributed by atoms with Crippen molar-refractivity contribution in [2.45, 2.75) is 13.5 Å². The molecule has 4 aromatic heterocycles. The Labute approximate surface area is 172 Å². The first-order valence-electron chi connectivity index (χ1n) is 8.76. The number of aryl methyl sites for hydroxylation is 1. The zero-order chi connectivity index (χ0) is 20.0. The lowest BCUT2D eigenvalue weighted by molar-refractivity contribution is -0.116. The van der Waals surface area contributed by atoms with Gasteiger partial charge in [0.25, 0.3) is 5.56 Å². The smallest absolute Gasteiger partial charge is 0.263 e. The highest BCUT2D eigenvalue weighted by atomic mass is 32.1. The summed E-state index contributed by atoms with van der Waals surface area (Å²) in [5.74, 6) is 0.243. The van der Waals surface area contributed by atoms with E-state index < -0.39 is 0 Å². The highest BCUT2D eigenvalue weighted by molar-refractivity contribution is 7.18. The number of aromatic nitrogens is 3. The van der Waals surface area contributed by atoms with Crippen molar-refractivity contribution in [2.75, 3.05) is 5.32 Å². The molecule has 0 spiro atoms. The number of hydrogen-bond donors (Lipinski definition) is 1. The number of anilines is 1. The zero-order valence-electron chi connectivity index (χ0n) is 15.2. The maximum Gasteiger partial charge on any atom is 0.263 e. The van der Waals surface area contributed by atoms with Crippen LogP contribution in [0, 0.1) is 6.92 Å². The second-order valence-electron chi connectivity index (χ2n) is 6.45. The van der Waals surface area contributed by atoms with Crippen LogP contribution in [0.5, 0.6) is 0 Å². The summed E-state index contributed by atoms with van der Waals surface area (Å²) in [5, 5.41) is 7.25. The molecule has 0 radical (unpaired) electrons. The fraction of sp³-hybridized carbons (Fsp3) is 0.100. The molecule has 0 unspecified atom stereocenters. The van der Waals surface area contributed by atoms with Gasteiger partial charge in [0.1, 0.15) is 16.9 Å². The van der Waals surface area contributed by atoms with Gasteiger partial charge in [-0.3, -0.25) is 14.2 Å². The Bertz CT molecular complexity index is 1410. The standard InChI is InChI=1S/C20H14N4O3S2/c1-11-22-14-7-12(4-5-15(14)27-11)23-17(25)8-24-10-21-19-18(20(24)26)13(9-29-19)16-3-2-6-28-16/h2-7,9-10H,8H2,1H3,(H,23,25). The Kier molecular flexibility index (Phi) is 4.26. The Morgan fingerprint density at radius 2 is 2.17 bits per heavy atom. The van der Waals surface area contributed by atoms with E-state index in [0.29, 0.717) is 32.9 Å². The Hall–Kier alpha value is -3.30. The molecule has 7 nitrogen and oxygen atoms in total. The van der Waals surface area contributed by atoms with Crippen molar-refractivity contribution >= 4 is 55.6 Å². The number of rotatable bonds is 4. The average Bonchev–Trinajstić information content (AvgIpc) is 3.41. The van der Waals surface area contributed by atoms with Crippen LogP contribution in [0.3, 0.4) is 0 Å². The molecule has 0 atom stereocenters. The fourth-order valence-corrected chi connectivity index (χ4v) is 4.89. The SMILES string of the molecule is Cc1nc2cc(NC(=O)Cn3cnc4scc(-c5cccs5)c4c3=O)ccc2o1. The van der Waals surface area contributed by atoms with Gasteiger partial charge in [0.15, 0.2) is 11.5 Å². The summed E-state index contributed by atoms with van der Waals surface area (Å²) in [6.07, 6.45) is 1.42. The van der Waals surface area contributed by atoms with Gasteiger partial charge in [-0.1, -0.05) is 6.07 Å². The second-order valence-corrected chi connectivity index (χ2v) is 8.25. The van der Waals surface area contributed by atoms with Crippen LogP contribution in [0.25, 0.3) is 31.8 Å². The third kappa shape index (κ3) is 3.24. The molecule has 1 aromatic carbocycles. The summed E-state index contributed by atoms with van der Waals surface area (Å²) in [6, 6.07) is 9.14. The van der Waals surface area contributed by atoms with Gasteiger partial charge < -0.3 is 9.73 Å². The molecule has 0 saturated carbocycles. The first-order chi connectivity index (χ1) is 14.1. The fourth-order valence-electron chi connectivity index (χ4n) is 3.17. The summed E-state index contributed by atoms with van der Waals surface area (Å²) >= 11 is 2.99. The maximum atomic E-state index is 13.0. The van der Waals surface area contributed by atoms with Crippen LogP contribution in [0.1, 0.15) is 5.89 Å². The number of thiophene rings is 2. The van der Waals surface area contributed by atoms with Crippen LogP contribution in [0.2, 0.25) is 0 Å². The molecular weight excluding hydrogens is 408 g/mol. The number of fused-ring (bicyclic) bond motifs is 2. The number of oxazole rings is 1. The quantitative estimate of drug-likeness (QED) is 0.467. The third-order valence-electron chi connectivity index (χ3n) is 4.44. The molecule has 1 amide bonds. The van der Waals surface area contributed by atoms with Crippen molar-refractivity contribution in [3.63, 3.8) is 0 Å². The van der Waals surface area contributed by atoms with Gasteiger partial charge in [0.05, 0.1) is 11.7 Å². The van der Waals surface area contributed by atoms with Crippen LogP contribution < -0.4 is 10.9 Å². The van der Waals surface area contributed by atoms with E-state index in [1.165, 1.54) is 22.2 Å². The van der Waals surface area contributed by atoms with E-state index >= 15 is 0 Å². The van der Waals surface area contributed by atoms with E-state index in [0.717, 1.165) is 10.4 Å². The summed E-state index contributed by atoms with van der Waals surface area (Å²) < 4.78 is 6.77. The van der Waals surface area contributed by atoms with Crippen molar-refractivity contribution in [3.05, 3.63) is 63.7 Å². The van der Waals surface area contributed by atoms with Gasteiger partial charge in [-0.05, 0) is 29.6 Å². The monoisotopic (exact) mass is 422 g/mol. The number of hydrogen-bond acceptors (Lipinski definition) is 7. The molecule has 0 bridgehead atoms. The molecule has 0 saturated heterocycles. The molecule has 1 N–H and O–H groups in total. The molecule has 0 aliphatic rings. The minimum absolute atomic E-state index is 0.128. The van der Waals surface area contributed by atoms with Crippen molar-refractivity contribution in [3.8, 4) is 10.4 Å². The predicted octanol–water partition coefficient (Wildman–Crippen LogP) is 4.27. The Balaban J connectivity index is 1.43. The highest BCUT2D eigenvalue weighted by Gasteiger charge is 2.15. The van der Waals surface area contributed by atoms with Crippen molar-refractivity contribution < 1.29 is 9.21 Å². The maximum absolute atomic E-state index is 13.0. The molecular formula is C20H14N4O3S2. The van der Waals surface area contributed by atoms with Gasteiger partial charge in [0, 0.05) is 28.4 Å². The topological polar surface area (TPSA) is 90.0 Å². The van der Waals surface area contributed by atoms with Crippen LogP contribution >= 0.6 is 22.7 Å². The minimum Gasteiger partial charge on any atom is -0.441 e. The van der Waals surface area contributed by atoms with E-state index in [1.807, 2.05) is 22.9 Å². The van der Waals surface area contributed by atoms with Crippen LogP contribution in [0.4, 0.5) is 5.69 Å². The second kappa shape index (κ2) is 6.94. The lowest BCUT2D eigenvalue weighted by atomic mass is 10.2. The predicted molar refractivity (Wildman–Crippen MR) is 115 cm³/mol. The molecule has 4 heterocycles. The number of carbonyl (C=O) groups is 1. The van der Waals surface area contributed by atoms with Crippen molar-refractivity contribution in [1.82, 2.24) is 14.5 Å². The molecule has 144 valence electrons. The molecule has 0 aliphatic carbocycles. The van der Waals surface area contributed by atoms with Gasteiger partial charge in [-0.2, -0.15) is 0 Å². The number of amides is 1. The van der Waals surface area contributed by atoms with E-state index in [4.69, 9.17) is 4.42 Å². The first-order valence-corrected chi connectivity index (χ1v) is 10.5. The summed E-state index contributed by atoms with van der Waals surface area (Å²) in [6.45, 7) is 1.64. The Morgan fingerprint density at radius 1 is 1.28 bits per heavy atom. The zero-order valence-corrected chi connectivity index (χ0v) is 16.8. The summed E-state index contributed by atoms with van der Waals surface area (Å²) in [7, 11) is 0. The van der Waals surface area contributed by atoms with Gasteiger partial charge in [-0.15, -0.1) is 22.7 Å². The lowest BCUT2D eigenvalue weighted by Crippen LogP contribution is -2.27. The number of benzene rings is 1. The van der Waals surface area contributed by atoms with Crippen LogP contribution in [-0.2, 0) is 11.3 Å². The van der Waals surface area contributed by atoms with Gasteiger partial charge in [0.2, 0.25) is 5.91 Å². The molecule has 9 heteroatoms. The van der Waals surface area contributed by atoms with Gasteiger partial charge >= 0.3 is 0 Å². The van der Waals surface area contributed by atoms with Crippen molar-refractivity contribution in [1.29, 1.82) is 0 Å². The average molecular weight is 422 g/mol. The van der Waals surface area contributed by atoms with Crippen LogP contribution in [0.15, 0.2) is 56.6 Å². The largest absolute Gasteiger partial charge is 0.441 e. The third-order valence-corrected chi connectivity index (χ3v) is 6.23. The highest BCUT2D eigenvalue weighted by Crippen LogP contribution is 2.33. The first kappa shape index (κ1) is 17.8. The summed E-state index contributed by atoms with van der Waals surface area (Å²) in [5.41, 5.74) is 2.55. The van der Waals surface area contributed by atoms with Crippen LogP contribution in [-0.4, -0.2) is 20.4 Å². The molecule has 0 aliphatic heterocycles. The molecule has 0 fully saturated rings. The van der Waals surface area contributed by atoms with Gasteiger partial charge in [-0.25, -0.2) is 9.97 Å². The van der Waals surface area contributed by atoms with Crippen molar-refractivity contribution in [2.24, 2.45) is 0 Å². The van der Waals surface area contributed by atoms with E-state index in [9.17, 15) is 9.59 Å². The number of carbonyl (C=O) groups excluding carboxylic acids is 1. The summed E-state index contributed by atoms with van der Waals surface area (Å²) in [4.78, 5) is 35.8. The Morgan fingerprint density at radius 3 is 3.00 bits per heavy atom. The number of nitrogens with zero attached hydrogens (tertiary/aromatic N) is 3. The minimum atomic E-state index is -0.319. The van der Waals surface area contributed by atoms with E-state index in [2.05, 4.69) is 15.3 Å². The van der Waals surface area contributed by atoms with E-state index in [-0.39, 0.29) is 18.0 Å². The number of nitrogens with one attached hydrogen (secondary N) is 1. The normalized spacial score (nSPS) is 11.3.